The second-order valence-corrected chi connectivity index (χ2v) is 16.5. The van der Waals surface area contributed by atoms with E-state index in [1.165, 1.54) is 60.3 Å². The largest absolute Gasteiger partial charge is 0.455 e. The van der Waals surface area contributed by atoms with E-state index < -0.39 is 0 Å². The normalized spacial score (nSPS) is 13.1. The van der Waals surface area contributed by atoms with Crippen LogP contribution < -0.4 is 4.90 Å². The molecule has 278 valence electrons. The van der Waals surface area contributed by atoms with Gasteiger partial charge in [-0.15, -0.1) is 0 Å². The van der Waals surface area contributed by atoms with Crippen molar-refractivity contribution in [2.24, 2.45) is 0 Å². The van der Waals surface area contributed by atoms with Gasteiger partial charge in [0.05, 0.1) is 11.1 Å². The summed E-state index contributed by atoms with van der Waals surface area (Å²) in [5.41, 5.74) is 14.8. The number of anilines is 3. The molecular weight excluding hydrogens is 715 g/mol. The molecule has 0 spiro atoms. The van der Waals surface area contributed by atoms with Crippen LogP contribution in [0.25, 0.3) is 87.6 Å². The maximum Gasteiger partial charge on any atom is 0.143 e. The van der Waals surface area contributed by atoms with Crippen molar-refractivity contribution < 1.29 is 4.42 Å². The molecule has 0 saturated carbocycles. The highest BCUT2D eigenvalue weighted by Crippen LogP contribution is 2.53. The fourth-order valence-electron chi connectivity index (χ4n) is 9.91. The molecule has 0 saturated heterocycles. The van der Waals surface area contributed by atoms with Crippen molar-refractivity contribution in [1.29, 1.82) is 0 Å². The van der Waals surface area contributed by atoms with E-state index in [0.29, 0.717) is 0 Å². The fraction of sp³-hybridized carbons (Fsp3) is 0.0526. The number of furan rings is 1. The Labute approximate surface area is 343 Å². The minimum absolute atomic E-state index is 0.162. The van der Waals surface area contributed by atoms with E-state index in [4.69, 9.17) is 4.42 Å². The predicted molar refractivity (Wildman–Crippen MR) is 249 cm³/mol. The third kappa shape index (κ3) is 5.13. The maximum absolute atomic E-state index is 7.19. The number of benzene rings is 10. The van der Waals surface area contributed by atoms with Gasteiger partial charge in [-0.3, -0.25) is 0 Å². The Bertz CT molecular complexity index is 3460. The van der Waals surface area contributed by atoms with Crippen molar-refractivity contribution in [1.82, 2.24) is 0 Å². The van der Waals surface area contributed by atoms with E-state index in [9.17, 15) is 0 Å². The SMILES string of the molecule is CC1(C)c2ccccc2-c2ccc(N(c3ccc(-c4ccccc4)cc3)c3cc(-c4ccc5ccccc5c4)cc4oc5c6ccccc6c6ccccc6c5c34)cc21. The van der Waals surface area contributed by atoms with Crippen molar-refractivity contribution in [3.8, 4) is 33.4 Å². The Morgan fingerprint density at radius 3 is 1.81 bits per heavy atom. The third-order valence-corrected chi connectivity index (χ3v) is 12.8. The topological polar surface area (TPSA) is 16.4 Å². The molecule has 2 heteroatoms. The van der Waals surface area contributed by atoms with Gasteiger partial charge in [-0.1, -0.05) is 172 Å². The van der Waals surface area contributed by atoms with Gasteiger partial charge < -0.3 is 9.32 Å². The second kappa shape index (κ2) is 12.8. The molecule has 0 radical (unpaired) electrons. The first-order valence-electron chi connectivity index (χ1n) is 20.5. The maximum atomic E-state index is 7.19. The average Bonchev–Trinajstić information content (AvgIpc) is 3.80. The van der Waals surface area contributed by atoms with E-state index in [0.717, 1.165) is 55.5 Å². The van der Waals surface area contributed by atoms with Gasteiger partial charge in [0.2, 0.25) is 0 Å². The van der Waals surface area contributed by atoms with E-state index >= 15 is 0 Å². The molecular formula is C57H39NO. The Kier molecular flexibility index (Phi) is 7.31. The third-order valence-electron chi connectivity index (χ3n) is 12.8. The van der Waals surface area contributed by atoms with Crippen LogP contribution in [0, 0.1) is 0 Å². The van der Waals surface area contributed by atoms with Crippen LogP contribution in [0.3, 0.4) is 0 Å². The molecule has 0 aliphatic heterocycles. The Morgan fingerprint density at radius 2 is 1.00 bits per heavy atom. The van der Waals surface area contributed by atoms with Gasteiger partial charge >= 0.3 is 0 Å². The molecule has 0 N–H and O–H groups in total. The number of nitrogens with zero attached hydrogens (tertiary/aromatic N) is 1. The molecule has 1 aliphatic carbocycles. The van der Waals surface area contributed by atoms with Crippen LogP contribution in [0.2, 0.25) is 0 Å². The first-order valence-corrected chi connectivity index (χ1v) is 20.5. The molecule has 1 aromatic heterocycles. The van der Waals surface area contributed by atoms with E-state index in [-0.39, 0.29) is 5.41 Å². The minimum atomic E-state index is -0.162. The highest BCUT2D eigenvalue weighted by molar-refractivity contribution is 6.32. The van der Waals surface area contributed by atoms with Crippen molar-refractivity contribution in [2.75, 3.05) is 4.90 Å². The lowest BCUT2D eigenvalue weighted by Gasteiger charge is -2.29. The zero-order valence-corrected chi connectivity index (χ0v) is 32.9. The summed E-state index contributed by atoms with van der Waals surface area (Å²) in [5, 5.41) is 9.38. The molecule has 0 amide bonds. The van der Waals surface area contributed by atoms with Gasteiger partial charge in [-0.2, -0.15) is 0 Å². The lowest BCUT2D eigenvalue weighted by molar-refractivity contribution is 0.660. The summed E-state index contributed by atoms with van der Waals surface area (Å²) in [7, 11) is 0. The first-order chi connectivity index (χ1) is 29.0. The summed E-state index contributed by atoms with van der Waals surface area (Å²) in [6.07, 6.45) is 0. The Hall–Kier alpha value is -7.42. The zero-order valence-electron chi connectivity index (χ0n) is 32.9. The van der Waals surface area contributed by atoms with Gasteiger partial charge in [0.1, 0.15) is 11.2 Å². The van der Waals surface area contributed by atoms with Gasteiger partial charge in [0.25, 0.3) is 0 Å². The molecule has 1 heterocycles. The molecule has 10 aromatic carbocycles. The minimum Gasteiger partial charge on any atom is -0.455 e. The number of rotatable bonds is 5. The van der Waals surface area contributed by atoms with Crippen LogP contribution in [0.1, 0.15) is 25.0 Å². The first kappa shape index (κ1) is 33.7. The van der Waals surface area contributed by atoms with Crippen molar-refractivity contribution in [2.45, 2.75) is 19.3 Å². The highest BCUT2D eigenvalue weighted by Gasteiger charge is 2.36. The summed E-state index contributed by atoms with van der Waals surface area (Å²) in [4.78, 5) is 2.47. The fourth-order valence-corrected chi connectivity index (χ4v) is 9.91. The molecule has 1 aliphatic rings. The molecule has 12 rings (SSSR count). The van der Waals surface area contributed by atoms with Crippen molar-refractivity contribution in [3.05, 3.63) is 211 Å². The molecule has 0 atom stereocenters. The monoisotopic (exact) mass is 753 g/mol. The second-order valence-electron chi connectivity index (χ2n) is 16.5. The highest BCUT2D eigenvalue weighted by atomic mass is 16.3. The van der Waals surface area contributed by atoms with Gasteiger partial charge in [0, 0.05) is 27.6 Å². The number of hydrogen-bond acceptors (Lipinski definition) is 2. The quantitative estimate of drug-likeness (QED) is 0.163. The molecule has 0 fully saturated rings. The Morgan fingerprint density at radius 1 is 0.390 bits per heavy atom. The van der Waals surface area contributed by atoms with Crippen molar-refractivity contribution >= 4 is 71.3 Å². The van der Waals surface area contributed by atoms with Crippen LogP contribution in [-0.2, 0) is 5.41 Å². The standard InChI is InChI=1S/C57H39NO/c1-57(2)50-23-13-12-20-46(50)47-31-30-43(35-51(47)57)58(42-28-26-38(27-29-42)36-14-4-3-5-15-36)52-33-41(40-25-24-37-16-6-7-17-39(37)32-40)34-53-55(52)54-48-21-10-8-18-44(48)45-19-9-11-22-49(45)56(54)59-53/h3-35H,1-2H3. The molecule has 0 unspecified atom stereocenters. The molecule has 2 nitrogen and oxygen atoms in total. The molecule has 59 heavy (non-hydrogen) atoms. The van der Waals surface area contributed by atoms with Crippen LogP contribution in [0.5, 0.6) is 0 Å². The smallest absolute Gasteiger partial charge is 0.143 e. The van der Waals surface area contributed by atoms with E-state index in [2.05, 4.69) is 219 Å². The molecule has 11 aromatic rings. The summed E-state index contributed by atoms with van der Waals surface area (Å²) < 4.78 is 7.19. The van der Waals surface area contributed by atoms with Gasteiger partial charge in [-0.25, -0.2) is 0 Å². The Balaban J connectivity index is 1.19. The zero-order chi connectivity index (χ0) is 39.2. The average molecular weight is 754 g/mol. The van der Waals surface area contributed by atoms with Crippen molar-refractivity contribution in [3.63, 3.8) is 0 Å². The lowest BCUT2D eigenvalue weighted by atomic mass is 9.82. The van der Waals surface area contributed by atoms with Crippen LogP contribution >= 0.6 is 0 Å². The lowest BCUT2D eigenvalue weighted by Crippen LogP contribution is -2.16. The van der Waals surface area contributed by atoms with E-state index in [1.807, 2.05) is 0 Å². The summed E-state index contributed by atoms with van der Waals surface area (Å²) >= 11 is 0. The number of fused-ring (bicyclic) bond motifs is 12. The molecule has 0 bridgehead atoms. The van der Waals surface area contributed by atoms with Crippen LogP contribution in [0.15, 0.2) is 205 Å². The summed E-state index contributed by atoms with van der Waals surface area (Å²) in [6.45, 7) is 4.72. The summed E-state index contributed by atoms with van der Waals surface area (Å²) in [6, 6.07) is 73.2. The predicted octanol–water partition coefficient (Wildman–Crippen LogP) is 16.2. The van der Waals surface area contributed by atoms with Crippen LogP contribution in [-0.4, -0.2) is 0 Å². The summed E-state index contributed by atoms with van der Waals surface area (Å²) in [5.74, 6) is 0. The van der Waals surface area contributed by atoms with Gasteiger partial charge in [0.15, 0.2) is 0 Å². The number of hydrogen-bond donors (Lipinski definition) is 0. The van der Waals surface area contributed by atoms with Crippen LogP contribution in [0.4, 0.5) is 17.1 Å². The van der Waals surface area contributed by atoms with E-state index in [1.54, 1.807) is 0 Å². The van der Waals surface area contributed by atoms with Gasteiger partial charge in [-0.05, 0) is 114 Å².